The molecule has 1 atom stereocenters. The molecule has 29 heavy (non-hydrogen) atoms. The fourth-order valence-electron chi connectivity index (χ4n) is 4.15. The SMILES string of the molecule is CCOC1(c2nc([C@H]3CCCO3)no2)CCN(C(=O)CCc2ccc(C)o2)CC1. The summed E-state index contributed by atoms with van der Waals surface area (Å²) in [5, 5.41) is 4.14. The van der Waals surface area contributed by atoms with Crippen molar-refractivity contribution in [2.24, 2.45) is 0 Å². The van der Waals surface area contributed by atoms with Crippen LogP contribution >= 0.6 is 0 Å². The van der Waals surface area contributed by atoms with Crippen LogP contribution in [0.3, 0.4) is 0 Å². The number of furan rings is 1. The largest absolute Gasteiger partial charge is 0.466 e. The van der Waals surface area contributed by atoms with Gasteiger partial charge in [-0.1, -0.05) is 5.16 Å². The van der Waals surface area contributed by atoms with E-state index in [-0.39, 0.29) is 12.0 Å². The molecule has 0 aliphatic carbocycles. The Hall–Kier alpha value is -2.19. The number of hydrogen-bond donors (Lipinski definition) is 0. The Labute approximate surface area is 170 Å². The van der Waals surface area contributed by atoms with E-state index in [0.717, 1.165) is 31.0 Å². The zero-order valence-electron chi connectivity index (χ0n) is 17.2. The lowest BCUT2D eigenvalue weighted by Gasteiger charge is -2.39. The summed E-state index contributed by atoms with van der Waals surface area (Å²) in [6, 6.07) is 3.85. The van der Waals surface area contributed by atoms with Gasteiger partial charge in [-0.25, -0.2) is 0 Å². The fraction of sp³-hybridized carbons (Fsp3) is 0.667. The molecule has 1 amide bonds. The number of likely N-dealkylation sites (tertiary alicyclic amines) is 1. The molecule has 8 heteroatoms. The predicted molar refractivity (Wildman–Crippen MR) is 103 cm³/mol. The molecule has 2 aromatic rings. The first-order chi connectivity index (χ1) is 14.1. The van der Waals surface area contributed by atoms with Crippen LogP contribution in [0.15, 0.2) is 21.1 Å². The van der Waals surface area contributed by atoms with Gasteiger partial charge in [-0.15, -0.1) is 0 Å². The second-order valence-electron chi connectivity index (χ2n) is 7.78. The Morgan fingerprint density at radius 1 is 1.34 bits per heavy atom. The fourth-order valence-corrected chi connectivity index (χ4v) is 4.15. The minimum absolute atomic E-state index is 0.0851. The zero-order valence-corrected chi connectivity index (χ0v) is 17.2. The summed E-state index contributed by atoms with van der Waals surface area (Å²) >= 11 is 0. The van der Waals surface area contributed by atoms with Crippen LogP contribution in [0, 0.1) is 6.92 Å². The summed E-state index contributed by atoms with van der Waals surface area (Å²) in [5.74, 6) is 2.96. The number of hydrogen-bond acceptors (Lipinski definition) is 7. The Kier molecular flexibility index (Phi) is 6.01. The number of amides is 1. The first-order valence-corrected chi connectivity index (χ1v) is 10.5. The lowest BCUT2D eigenvalue weighted by Crippen LogP contribution is -2.46. The van der Waals surface area contributed by atoms with Gasteiger partial charge in [-0.2, -0.15) is 4.98 Å². The molecular weight excluding hydrogens is 374 g/mol. The molecule has 4 heterocycles. The Morgan fingerprint density at radius 2 is 2.17 bits per heavy atom. The molecule has 0 spiro atoms. The third kappa shape index (κ3) is 4.38. The Morgan fingerprint density at radius 3 is 2.83 bits per heavy atom. The molecule has 0 radical (unpaired) electrons. The van der Waals surface area contributed by atoms with Crippen LogP contribution in [0.4, 0.5) is 0 Å². The van der Waals surface area contributed by atoms with Crippen molar-refractivity contribution >= 4 is 5.91 Å². The van der Waals surface area contributed by atoms with Gasteiger partial charge in [0.2, 0.25) is 11.7 Å². The summed E-state index contributed by atoms with van der Waals surface area (Å²) in [6.45, 7) is 6.36. The van der Waals surface area contributed by atoms with Gasteiger partial charge in [-0.3, -0.25) is 4.79 Å². The molecular formula is C21H29N3O5. The van der Waals surface area contributed by atoms with E-state index in [1.54, 1.807) is 0 Å². The second kappa shape index (κ2) is 8.67. The van der Waals surface area contributed by atoms with Gasteiger partial charge in [0.15, 0.2) is 0 Å². The smallest absolute Gasteiger partial charge is 0.259 e. The topological polar surface area (TPSA) is 90.8 Å². The highest BCUT2D eigenvalue weighted by atomic mass is 16.5. The quantitative estimate of drug-likeness (QED) is 0.700. The third-order valence-electron chi connectivity index (χ3n) is 5.77. The number of carbonyl (C=O) groups excluding carboxylic acids is 1. The molecule has 8 nitrogen and oxygen atoms in total. The lowest BCUT2D eigenvalue weighted by atomic mass is 9.90. The first kappa shape index (κ1) is 20.1. The van der Waals surface area contributed by atoms with Gasteiger partial charge in [0.25, 0.3) is 5.89 Å². The molecule has 158 valence electrons. The molecule has 2 saturated heterocycles. The standard InChI is InChI=1S/C21H29N3O5/c1-3-27-21(20-22-19(23-29-20)17-5-4-14-26-17)10-12-24(13-11-21)18(25)9-8-16-7-6-15(2)28-16/h6-7,17H,3-5,8-14H2,1-2H3/t17-/m1/s1. The summed E-state index contributed by atoms with van der Waals surface area (Å²) < 4.78 is 22.9. The summed E-state index contributed by atoms with van der Waals surface area (Å²) in [7, 11) is 0. The van der Waals surface area contributed by atoms with E-state index in [0.29, 0.717) is 57.1 Å². The maximum atomic E-state index is 12.6. The van der Waals surface area contributed by atoms with E-state index in [1.165, 1.54) is 0 Å². The maximum Gasteiger partial charge on any atom is 0.259 e. The van der Waals surface area contributed by atoms with Crippen LogP contribution in [0.1, 0.15) is 68.4 Å². The zero-order chi connectivity index (χ0) is 20.3. The van der Waals surface area contributed by atoms with Crippen molar-refractivity contribution in [3.8, 4) is 0 Å². The highest BCUT2D eigenvalue weighted by Crippen LogP contribution is 2.37. The summed E-state index contributed by atoms with van der Waals surface area (Å²) in [4.78, 5) is 19.1. The number of carbonyl (C=O) groups is 1. The van der Waals surface area contributed by atoms with Gasteiger partial charge >= 0.3 is 0 Å². The molecule has 2 fully saturated rings. The number of aromatic nitrogens is 2. The molecule has 4 rings (SSSR count). The van der Waals surface area contributed by atoms with Gasteiger partial charge < -0.3 is 23.3 Å². The van der Waals surface area contributed by atoms with Gasteiger partial charge in [0, 0.05) is 52.0 Å². The van der Waals surface area contributed by atoms with E-state index in [1.807, 2.05) is 30.9 Å². The van der Waals surface area contributed by atoms with Crippen molar-refractivity contribution in [2.75, 3.05) is 26.3 Å². The first-order valence-electron chi connectivity index (χ1n) is 10.5. The summed E-state index contributed by atoms with van der Waals surface area (Å²) in [6.07, 6.45) is 4.18. The van der Waals surface area contributed by atoms with Crippen LogP contribution in [0.25, 0.3) is 0 Å². The van der Waals surface area contributed by atoms with E-state index in [9.17, 15) is 4.79 Å². The second-order valence-corrected chi connectivity index (χ2v) is 7.78. The lowest BCUT2D eigenvalue weighted by molar-refractivity contribution is -0.141. The average molecular weight is 403 g/mol. The van der Waals surface area contributed by atoms with Gasteiger partial charge in [-0.05, 0) is 38.8 Å². The summed E-state index contributed by atoms with van der Waals surface area (Å²) in [5.41, 5.74) is -0.631. The van der Waals surface area contributed by atoms with Crippen molar-refractivity contribution in [3.63, 3.8) is 0 Å². The molecule has 2 aliphatic rings. The minimum Gasteiger partial charge on any atom is -0.466 e. The number of piperidine rings is 1. The van der Waals surface area contributed by atoms with Crippen molar-refractivity contribution < 1.29 is 23.2 Å². The van der Waals surface area contributed by atoms with Crippen LogP contribution in [-0.4, -0.2) is 47.3 Å². The van der Waals surface area contributed by atoms with Crippen LogP contribution in [-0.2, 0) is 26.3 Å². The van der Waals surface area contributed by atoms with Crippen LogP contribution in [0.5, 0.6) is 0 Å². The maximum absolute atomic E-state index is 12.6. The van der Waals surface area contributed by atoms with Crippen molar-refractivity contribution in [3.05, 3.63) is 35.4 Å². The number of aryl methyl sites for hydroxylation is 2. The third-order valence-corrected chi connectivity index (χ3v) is 5.77. The van der Waals surface area contributed by atoms with Crippen LogP contribution in [0.2, 0.25) is 0 Å². The van der Waals surface area contributed by atoms with Crippen molar-refractivity contribution in [2.45, 2.75) is 64.1 Å². The van der Waals surface area contributed by atoms with E-state index >= 15 is 0 Å². The van der Waals surface area contributed by atoms with E-state index in [2.05, 4.69) is 10.1 Å². The normalized spacial score (nSPS) is 21.6. The number of nitrogens with zero attached hydrogens (tertiary/aromatic N) is 3. The average Bonchev–Trinajstić information content (AvgIpc) is 3.48. The van der Waals surface area contributed by atoms with Gasteiger partial charge in [0.05, 0.1) is 0 Å². The number of ether oxygens (including phenoxy) is 2. The Balaban J connectivity index is 1.37. The molecule has 0 N–H and O–H groups in total. The van der Waals surface area contributed by atoms with E-state index < -0.39 is 5.60 Å². The number of rotatable bonds is 7. The van der Waals surface area contributed by atoms with Crippen molar-refractivity contribution in [1.29, 1.82) is 0 Å². The molecule has 0 bridgehead atoms. The van der Waals surface area contributed by atoms with E-state index in [4.69, 9.17) is 18.4 Å². The Bertz CT molecular complexity index is 816. The van der Waals surface area contributed by atoms with Gasteiger partial charge in [0.1, 0.15) is 23.2 Å². The molecule has 2 aliphatic heterocycles. The molecule has 0 aromatic carbocycles. The highest BCUT2D eigenvalue weighted by molar-refractivity contribution is 5.76. The monoisotopic (exact) mass is 403 g/mol. The predicted octanol–water partition coefficient (Wildman–Crippen LogP) is 3.31. The van der Waals surface area contributed by atoms with Crippen LogP contribution < -0.4 is 0 Å². The highest BCUT2D eigenvalue weighted by Gasteiger charge is 2.43. The molecule has 0 saturated carbocycles. The molecule has 2 aromatic heterocycles. The molecule has 0 unspecified atom stereocenters. The van der Waals surface area contributed by atoms with Crippen molar-refractivity contribution in [1.82, 2.24) is 15.0 Å². The minimum atomic E-state index is -0.631.